The average molecular weight is 258 g/mol. The second kappa shape index (κ2) is 5.67. The van der Waals surface area contributed by atoms with E-state index >= 15 is 0 Å². The van der Waals surface area contributed by atoms with Crippen LogP contribution < -0.4 is 4.74 Å². The molecule has 17 heavy (non-hydrogen) atoms. The Hall–Kier alpha value is -1.56. The molecule has 0 aliphatic rings. The summed E-state index contributed by atoms with van der Waals surface area (Å²) < 4.78 is 33.4. The third-order valence-electron chi connectivity index (χ3n) is 2.02. The van der Waals surface area contributed by atoms with Crippen LogP contribution in [0.2, 0.25) is 0 Å². The molecule has 94 valence electrons. The fraction of sp³-hybridized carbons (Fsp3) is 0.364. The van der Waals surface area contributed by atoms with Crippen LogP contribution in [0.25, 0.3) is 0 Å². The predicted molar refractivity (Wildman–Crippen MR) is 61.7 cm³/mol. The van der Waals surface area contributed by atoms with Gasteiger partial charge in [0.05, 0.1) is 13.7 Å². The van der Waals surface area contributed by atoms with E-state index in [4.69, 9.17) is 4.74 Å². The number of carbonyl (C=O) groups is 1. The highest BCUT2D eigenvalue weighted by molar-refractivity contribution is 7.92. The van der Waals surface area contributed by atoms with Gasteiger partial charge in [-0.25, -0.2) is 8.42 Å². The number of rotatable bonds is 5. The highest BCUT2D eigenvalue weighted by Gasteiger charge is 2.23. The van der Waals surface area contributed by atoms with E-state index in [-0.39, 0.29) is 17.3 Å². The number of sulfone groups is 1. The first-order chi connectivity index (χ1) is 8.01. The summed E-state index contributed by atoms with van der Waals surface area (Å²) in [6, 6.07) is 6.15. The Kier molecular flexibility index (Phi) is 4.51. The lowest BCUT2D eigenvalue weighted by Crippen LogP contribution is -2.19. The molecule has 0 heterocycles. The molecule has 5 nitrogen and oxygen atoms in total. The Balaban J connectivity index is 3.01. The number of hydrogen-bond donors (Lipinski definition) is 0. The molecule has 0 aromatic heterocycles. The van der Waals surface area contributed by atoms with Crippen LogP contribution in [0.1, 0.15) is 6.92 Å². The maximum Gasteiger partial charge on any atom is 0.321 e. The minimum absolute atomic E-state index is 0.00412. The molecular weight excluding hydrogens is 244 g/mol. The van der Waals surface area contributed by atoms with Crippen LogP contribution >= 0.6 is 0 Å². The van der Waals surface area contributed by atoms with Gasteiger partial charge in [0.15, 0.2) is 15.6 Å². The molecule has 0 saturated heterocycles. The summed E-state index contributed by atoms with van der Waals surface area (Å²) in [5, 5.41) is 0. The molecule has 0 aliphatic carbocycles. The lowest BCUT2D eigenvalue weighted by atomic mass is 10.3. The molecule has 0 atom stereocenters. The van der Waals surface area contributed by atoms with Gasteiger partial charge < -0.3 is 9.47 Å². The van der Waals surface area contributed by atoms with Crippen molar-refractivity contribution < 1.29 is 22.7 Å². The number of benzene rings is 1. The second-order valence-electron chi connectivity index (χ2n) is 3.21. The molecule has 0 saturated carbocycles. The zero-order valence-electron chi connectivity index (χ0n) is 9.67. The Morgan fingerprint density at radius 3 is 2.53 bits per heavy atom. The standard InChI is InChI=1S/C11H14O5S/c1-3-16-11(12)8-17(13,14)10-7-5-4-6-9(10)15-2/h4-7H,3,8H2,1-2H3. The number of carbonyl (C=O) groups excluding carboxylic acids is 1. The van der Waals surface area contributed by atoms with Crippen LogP contribution in [-0.4, -0.2) is 33.9 Å². The van der Waals surface area contributed by atoms with Crippen LogP contribution in [-0.2, 0) is 19.4 Å². The van der Waals surface area contributed by atoms with E-state index in [1.165, 1.54) is 19.2 Å². The van der Waals surface area contributed by atoms with E-state index in [2.05, 4.69) is 4.74 Å². The fourth-order valence-corrected chi connectivity index (χ4v) is 2.60. The molecule has 1 aromatic rings. The lowest BCUT2D eigenvalue weighted by Gasteiger charge is -2.08. The van der Waals surface area contributed by atoms with Gasteiger partial charge in [-0.3, -0.25) is 4.79 Å². The normalized spacial score (nSPS) is 10.9. The van der Waals surface area contributed by atoms with Crippen molar-refractivity contribution >= 4 is 15.8 Å². The number of methoxy groups -OCH3 is 1. The lowest BCUT2D eigenvalue weighted by molar-refractivity contribution is -0.139. The van der Waals surface area contributed by atoms with Gasteiger partial charge in [-0.05, 0) is 19.1 Å². The van der Waals surface area contributed by atoms with Crippen molar-refractivity contribution in [3.63, 3.8) is 0 Å². The van der Waals surface area contributed by atoms with E-state index in [1.807, 2.05) is 0 Å². The highest BCUT2D eigenvalue weighted by atomic mass is 32.2. The first kappa shape index (κ1) is 13.5. The van der Waals surface area contributed by atoms with Gasteiger partial charge >= 0.3 is 5.97 Å². The van der Waals surface area contributed by atoms with Crippen molar-refractivity contribution in [2.24, 2.45) is 0 Å². The number of hydrogen-bond acceptors (Lipinski definition) is 5. The van der Waals surface area contributed by atoms with Crippen LogP contribution in [0, 0.1) is 0 Å². The summed E-state index contributed by atoms with van der Waals surface area (Å²) in [7, 11) is -2.35. The zero-order valence-corrected chi connectivity index (χ0v) is 10.5. The largest absolute Gasteiger partial charge is 0.495 e. The van der Waals surface area contributed by atoms with Gasteiger partial charge in [-0.15, -0.1) is 0 Å². The van der Waals surface area contributed by atoms with Crippen molar-refractivity contribution in [3.8, 4) is 5.75 Å². The molecule has 0 bridgehead atoms. The maximum absolute atomic E-state index is 11.9. The molecule has 0 radical (unpaired) electrons. The first-order valence-electron chi connectivity index (χ1n) is 5.02. The molecular formula is C11H14O5S. The summed E-state index contributed by atoms with van der Waals surface area (Å²) in [5.74, 6) is -1.23. The molecule has 1 rings (SSSR count). The smallest absolute Gasteiger partial charge is 0.321 e. The minimum Gasteiger partial charge on any atom is -0.495 e. The third-order valence-corrected chi connectivity index (χ3v) is 3.64. The van der Waals surface area contributed by atoms with Crippen LogP contribution in [0.15, 0.2) is 29.2 Å². The minimum atomic E-state index is -3.72. The van der Waals surface area contributed by atoms with Crippen molar-refractivity contribution in [2.45, 2.75) is 11.8 Å². The monoisotopic (exact) mass is 258 g/mol. The molecule has 0 aliphatic heterocycles. The van der Waals surface area contributed by atoms with Crippen LogP contribution in [0.5, 0.6) is 5.75 Å². The Morgan fingerprint density at radius 2 is 1.94 bits per heavy atom. The maximum atomic E-state index is 11.9. The second-order valence-corrected chi connectivity index (χ2v) is 5.17. The summed E-state index contributed by atoms with van der Waals surface area (Å²) in [6.45, 7) is 1.77. The molecule has 0 unspecified atom stereocenters. The topological polar surface area (TPSA) is 69.7 Å². The molecule has 6 heteroatoms. The number of para-hydroxylation sites is 1. The van der Waals surface area contributed by atoms with E-state index in [1.54, 1.807) is 19.1 Å². The molecule has 0 amide bonds. The Bertz CT molecular complexity index is 492. The predicted octanol–water partition coefficient (Wildman–Crippen LogP) is 1.03. The Morgan fingerprint density at radius 1 is 1.29 bits per heavy atom. The number of esters is 1. The molecule has 0 fully saturated rings. The summed E-state index contributed by atoms with van der Waals surface area (Å²) in [6.07, 6.45) is 0. The van der Waals surface area contributed by atoms with E-state index in [9.17, 15) is 13.2 Å². The van der Waals surface area contributed by atoms with Gasteiger partial charge in [-0.2, -0.15) is 0 Å². The molecule has 0 N–H and O–H groups in total. The van der Waals surface area contributed by atoms with Gasteiger partial charge in [0.25, 0.3) is 0 Å². The third kappa shape index (κ3) is 3.45. The van der Waals surface area contributed by atoms with Gasteiger partial charge in [0.2, 0.25) is 0 Å². The van der Waals surface area contributed by atoms with E-state index in [0.29, 0.717) is 0 Å². The van der Waals surface area contributed by atoms with Crippen molar-refractivity contribution in [2.75, 3.05) is 19.5 Å². The van der Waals surface area contributed by atoms with E-state index < -0.39 is 21.6 Å². The van der Waals surface area contributed by atoms with E-state index in [0.717, 1.165) is 0 Å². The van der Waals surface area contributed by atoms with Crippen LogP contribution in [0.4, 0.5) is 0 Å². The molecule has 0 spiro atoms. The van der Waals surface area contributed by atoms with Crippen LogP contribution in [0.3, 0.4) is 0 Å². The van der Waals surface area contributed by atoms with Gasteiger partial charge in [-0.1, -0.05) is 12.1 Å². The zero-order chi connectivity index (χ0) is 12.9. The Labute approximate surface area is 100 Å². The van der Waals surface area contributed by atoms with Crippen molar-refractivity contribution in [1.29, 1.82) is 0 Å². The number of ether oxygens (including phenoxy) is 2. The summed E-state index contributed by atoms with van der Waals surface area (Å²) in [5.41, 5.74) is 0. The van der Waals surface area contributed by atoms with Gasteiger partial charge in [0.1, 0.15) is 10.6 Å². The first-order valence-corrected chi connectivity index (χ1v) is 6.68. The van der Waals surface area contributed by atoms with Gasteiger partial charge in [0, 0.05) is 0 Å². The summed E-state index contributed by atoms with van der Waals surface area (Å²) >= 11 is 0. The van der Waals surface area contributed by atoms with Crippen molar-refractivity contribution in [3.05, 3.63) is 24.3 Å². The fourth-order valence-electron chi connectivity index (χ4n) is 1.31. The van der Waals surface area contributed by atoms with Crippen molar-refractivity contribution in [1.82, 2.24) is 0 Å². The molecule has 1 aromatic carbocycles. The highest BCUT2D eigenvalue weighted by Crippen LogP contribution is 2.23. The summed E-state index contributed by atoms with van der Waals surface area (Å²) in [4.78, 5) is 11.2. The quantitative estimate of drug-likeness (QED) is 0.738. The average Bonchev–Trinajstić information content (AvgIpc) is 2.28. The SMILES string of the molecule is CCOC(=O)CS(=O)(=O)c1ccccc1OC.